The molecule has 0 saturated carbocycles. The summed E-state index contributed by atoms with van der Waals surface area (Å²) in [6, 6.07) is 5.01. The standard InChI is InChI=1S/C17H23N3O4S2/c21-26(22,19-8-10-23-11-9-19)14-4-5-16-15(12-14)20(17(25)24-16)13-18-6-2-1-3-7-18/h4-5,12H,1-3,6-11,13H2/p+1. The second-order valence-corrected chi connectivity index (χ2v) is 9.20. The van der Waals surface area contributed by atoms with Crippen LogP contribution in [0.25, 0.3) is 11.1 Å². The second-order valence-electron chi connectivity index (χ2n) is 6.91. The Morgan fingerprint density at radius 2 is 1.85 bits per heavy atom. The van der Waals surface area contributed by atoms with Gasteiger partial charge in [0.1, 0.15) is 0 Å². The summed E-state index contributed by atoms with van der Waals surface area (Å²) in [5.74, 6) is 0. The molecule has 2 aromatic rings. The minimum atomic E-state index is -3.54. The summed E-state index contributed by atoms with van der Waals surface area (Å²) in [6.07, 6.45) is 3.72. The molecule has 1 aromatic carbocycles. The van der Waals surface area contributed by atoms with Crippen LogP contribution in [0.15, 0.2) is 27.5 Å². The monoisotopic (exact) mass is 398 g/mol. The minimum Gasteiger partial charge on any atom is -0.429 e. The highest BCUT2D eigenvalue weighted by molar-refractivity contribution is 7.89. The number of morpholine rings is 1. The molecule has 3 heterocycles. The van der Waals surface area contributed by atoms with Gasteiger partial charge in [-0.1, -0.05) is 0 Å². The molecule has 2 fully saturated rings. The van der Waals surface area contributed by atoms with E-state index in [9.17, 15) is 8.42 Å². The number of nitrogens with zero attached hydrogens (tertiary/aromatic N) is 2. The molecule has 0 unspecified atom stereocenters. The van der Waals surface area contributed by atoms with E-state index in [-0.39, 0.29) is 4.90 Å². The van der Waals surface area contributed by atoms with Crippen LogP contribution in [0.3, 0.4) is 0 Å². The first-order valence-corrected chi connectivity index (χ1v) is 11.0. The zero-order valence-corrected chi connectivity index (χ0v) is 16.3. The van der Waals surface area contributed by atoms with Gasteiger partial charge in [-0.15, -0.1) is 0 Å². The van der Waals surface area contributed by atoms with Crippen molar-refractivity contribution in [3.63, 3.8) is 0 Å². The van der Waals surface area contributed by atoms with Gasteiger partial charge in [0.2, 0.25) is 10.0 Å². The lowest BCUT2D eigenvalue weighted by molar-refractivity contribution is -0.927. The van der Waals surface area contributed by atoms with Gasteiger partial charge in [0, 0.05) is 13.1 Å². The lowest BCUT2D eigenvalue weighted by Gasteiger charge is -2.26. The number of oxazole rings is 1. The highest BCUT2D eigenvalue weighted by Gasteiger charge is 2.27. The molecule has 2 aliphatic rings. The average Bonchev–Trinajstić information content (AvgIpc) is 2.98. The van der Waals surface area contributed by atoms with Crippen LogP contribution in [0, 0.1) is 4.84 Å². The smallest absolute Gasteiger partial charge is 0.274 e. The zero-order chi connectivity index (χ0) is 18.1. The molecule has 1 N–H and O–H groups in total. The highest BCUT2D eigenvalue weighted by Crippen LogP contribution is 2.24. The highest BCUT2D eigenvalue weighted by atomic mass is 32.2. The van der Waals surface area contributed by atoms with E-state index < -0.39 is 10.0 Å². The van der Waals surface area contributed by atoms with Crippen molar-refractivity contribution in [2.45, 2.75) is 30.8 Å². The summed E-state index contributed by atoms with van der Waals surface area (Å²) >= 11 is 5.39. The first kappa shape index (κ1) is 18.1. The van der Waals surface area contributed by atoms with Gasteiger partial charge < -0.3 is 14.1 Å². The van der Waals surface area contributed by atoms with Crippen molar-refractivity contribution in [2.75, 3.05) is 39.4 Å². The van der Waals surface area contributed by atoms with Crippen molar-refractivity contribution in [1.29, 1.82) is 0 Å². The number of ether oxygens (including phenoxy) is 1. The lowest BCUT2D eigenvalue weighted by Crippen LogP contribution is -3.12. The predicted octanol–water partition coefficient (Wildman–Crippen LogP) is 1.01. The molecule has 0 radical (unpaired) electrons. The molecule has 26 heavy (non-hydrogen) atoms. The van der Waals surface area contributed by atoms with Crippen LogP contribution < -0.4 is 4.90 Å². The predicted molar refractivity (Wildman–Crippen MR) is 99.2 cm³/mol. The maximum Gasteiger partial charge on any atom is 0.274 e. The molecule has 9 heteroatoms. The third-order valence-electron chi connectivity index (χ3n) is 5.19. The number of benzene rings is 1. The Morgan fingerprint density at radius 3 is 2.58 bits per heavy atom. The van der Waals surface area contributed by atoms with Gasteiger partial charge in [0.05, 0.1) is 36.7 Å². The summed E-state index contributed by atoms with van der Waals surface area (Å²) in [5.41, 5.74) is 1.38. The SMILES string of the molecule is O=S(=O)(c1ccc2oc(=S)n(C[NH+]3CCCCC3)c2c1)N1CCOCC1. The number of aromatic nitrogens is 1. The largest absolute Gasteiger partial charge is 0.429 e. The molecule has 0 atom stereocenters. The van der Waals surface area contributed by atoms with Crippen molar-refractivity contribution in [1.82, 2.24) is 8.87 Å². The first-order chi connectivity index (χ1) is 12.6. The van der Waals surface area contributed by atoms with Crippen molar-refractivity contribution < 1.29 is 22.5 Å². The summed E-state index contributed by atoms with van der Waals surface area (Å²) in [7, 11) is -3.54. The second kappa shape index (κ2) is 7.40. The molecule has 1 aromatic heterocycles. The van der Waals surface area contributed by atoms with Crippen LogP contribution in [0.4, 0.5) is 0 Å². The number of sulfonamides is 1. The summed E-state index contributed by atoms with van der Waals surface area (Å²) in [5, 5.41) is 0. The molecule has 0 bridgehead atoms. The van der Waals surface area contributed by atoms with Gasteiger partial charge >= 0.3 is 0 Å². The maximum absolute atomic E-state index is 12.9. The number of fused-ring (bicyclic) bond motifs is 1. The summed E-state index contributed by atoms with van der Waals surface area (Å²) < 4.78 is 40.2. The van der Waals surface area contributed by atoms with Gasteiger partial charge in [-0.2, -0.15) is 4.31 Å². The van der Waals surface area contributed by atoms with E-state index in [0.29, 0.717) is 43.4 Å². The van der Waals surface area contributed by atoms with Gasteiger partial charge in [-0.05, 0) is 49.7 Å². The van der Waals surface area contributed by atoms with Crippen molar-refractivity contribution >= 4 is 33.3 Å². The quantitative estimate of drug-likeness (QED) is 0.779. The molecule has 2 saturated heterocycles. The molecule has 0 amide bonds. The molecule has 0 spiro atoms. The van der Waals surface area contributed by atoms with Gasteiger partial charge in [-0.25, -0.2) is 8.42 Å². The Bertz CT molecular complexity index is 939. The van der Waals surface area contributed by atoms with E-state index in [0.717, 1.165) is 18.6 Å². The van der Waals surface area contributed by atoms with Gasteiger partial charge in [-0.3, -0.25) is 4.57 Å². The van der Waals surface area contributed by atoms with E-state index in [4.69, 9.17) is 21.4 Å². The first-order valence-electron chi connectivity index (χ1n) is 9.10. The van der Waals surface area contributed by atoms with E-state index in [1.165, 1.54) is 28.5 Å². The Balaban J connectivity index is 1.69. The topological polar surface area (TPSA) is 69.1 Å². The van der Waals surface area contributed by atoms with E-state index >= 15 is 0 Å². The van der Waals surface area contributed by atoms with E-state index in [1.807, 2.05) is 4.57 Å². The third kappa shape index (κ3) is 3.46. The average molecular weight is 399 g/mol. The molecule has 4 rings (SSSR count). The number of piperidine rings is 1. The fraction of sp³-hybridized carbons (Fsp3) is 0.588. The van der Waals surface area contributed by atoms with E-state index in [1.54, 1.807) is 18.2 Å². The molecular formula is C17H24N3O4S2+. The fourth-order valence-electron chi connectivity index (χ4n) is 3.72. The maximum atomic E-state index is 12.9. The van der Waals surface area contributed by atoms with Crippen LogP contribution in [0.5, 0.6) is 0 Å². The molecule has 0 aliphatic carbocycles. The van der Waals surface area contributed by atoms with Crippen LogP contribution in [0.2, 0.25) is 0 Å². The number of quaternary nitrogens is 1. The van der Waals surface area contributed by atoms with E-state index in [2.05, 4.69) is 0 Å². The van der Waals surface area contributed by atoms with Gasteiger partial charge in [0.25, 0.3) is 4.84 Å². The minimum absolute atomic E-state index is 0.282. The number of likely N-dealkylation sites (tertiary alicyclic amines) is 1. The molecule has 7 nitrogen and oxygen atoms in total. The molecular weight excluding hydrogens is 374 g/mol. The van der Waals surface area contributed by atoms with Crippen LogP contribution in [-0.4, -0.2) is 56.7 Å². The number of hydrogen-bond acceptors (Lipinski definition) is 5. The third-order valence-corrected chi connectivity index (χ3v) is 7.39. The molecule has 142 valence electrons. The Morgan fingerprint density at radius 1 is 1.12 bits per heavy atom. The number of rotatable bonds is 4. The fourth-order valence-corrected chi connectivity index (χ4v) is 5.40. The van der Waals surface area contributed by atoms with Gasteiger partial charge in [0.15, 0.2) is 12.3 Å². The van der Waals surface area contributed by atoms with Crippen LogP contribution in [0.1, 0.15) is 19.3 Å². The number of nitrogens with one attached hydrogen (secondary N) is 1. The van der Waals surface area contributed by atoms with Crippen molar-refractivity contribution in [3.05, 3.63) is 23.0 Å². The Labute approximate surface area is 158 Å². The zero-order valence-electron chi connectivity index (χ0n) is 14.6. The Kier molecular flexibility index (Phi) is 5.15. The van der Waals surface area contributed by atoms with Crippen LogP contribution >= 0.6 is 12.2 Å². The molecule has 2 aliphatic heterocycles. The van der Waals surface area contributed by atoms with Crippen LogP contribution in [-0.2, 0) is 21.4 Å². The lowest BCUT2D eigenvalue weighted by atomic mass is 10.1. The normalized spacial score (nSPS) is 20.6. The summed E-state index contributed by atoms with van der Waals surface area (Å²) in [4.78, 5) is 2.14. The van der Waals surface area contributed by atoms with Crippen molar-refractivity contribution in [2.24, 2.45) is 0 Å². The summed E-state index contributed by atoms with van der Waals surface area (Å²) in [6.45, 7) is 4.57. The number of hydrogen-bond donors (Lipinski definition) is 1. The Hall–Kier alpha value is -1.26. The van der Waals surface area contributed by atoms with Crippen molar-refractivity contribution in [3.8, 4) is 0 Å².